The van der Waals surface area contributed by atoms with Crippen LogP contribution in [0.4, 0.5) is 13.6 Å². The third-order valence-corrected chi connectivity index (χ3v) is 14.0. The molecule has 6 rings (SSSR count). The quantitative estimate of drug-likeness (QED) is 0.287. The minimum absolute atomic E-state index is 0.0438. The lowest BCUT2D eigenvalue weighted by Gasteiger charge is -2.62. The van der Waals surface area contributed by atoms with E-state index in [1.54, 1.807) is 13.8 Å². The predicted molar refractivity (Wildman–Crippen MR) is 154 cm³/mol. The number of hydrogen-bond acceptors (Lipinski definition) is 7. The van der Waals surface area contributed by atoms with Crippen LogP contribution in [0.3, 0.4) is 0 Å². The molecule has 4 saturated carbocycles. The monoisotopic (exact) mass is 615 g/mol. The summed E-state index contributed by atoms with van der Waals surface area (Å²) in [6.07, 6.45) is 1.33. The molecule has 8 nitrogen and oxygen atoms in total. The van der Waals surface area contributed by atoms with Gasteiger partial charge < -0.3 is 19.3 Å². The van der Waals surface area contributed by atoms with E-state index in [2.05, 4.69) is 25.6 Å². The summed E-state index contributed by atoms with van der Waals surface area (Å²) >= 11 is 0. The molecule has 0 aromatic heterocycles. The number of esters is 1. The number of halogens is 2. The minimum Gasteiger partial charge on any atom is -0.430 e. The molecule has 11 atom stereocenters. The largest absolute Gasteiger partial charge is 0.509 e. The molecule has 0 aromatic carbocycles. The van der Waals surface area contributed by atoms with E-state index in [9.17, 15) is 19.5 Å². The number of nitrogens with zero attached hydrogens (tertiary/aromatic N) is 1. The molecule has 0 amide bonds. The van der Waals surface area contributed by atoms with Crippen molar-refractivity contribution in [3.63, 3.8) is 0 Å². The van der Waals surface area contributed by atoms with Gasteiger partial charge in [-0.25, -0.2) is 24.9 Å². The molecule has 4 fully saturated rings. The maximum absolute atomic E-state index is 17.7. The van der Waals surface area contributed by atoms with E-state index in [0.29, 0.717) is 12.3 Å². The van der Waals surface area contributed by atoms with Gasteiger partial charge in [-0.2, -0.15) is 0 Å². The van der Waals surface area contributed by atoms with E-state index in [1.165, 1.54) is 19.1 Å². The molecular weight excluding hydrogens is 572 g/mol. The molecular formula is C34H43F2NO7. The fraction of sp³-hybridized carbons (Fsp3) is 0.765. The van der Waals surface area contributed by atoms with Crippen molar-refractivity contribution in [3.05, 3.63) is 35.0 Å². The Balaban J connectivity index is 1.39. The van der Waals surface area contributed by atoms with Gasteiger partial charge in [-0.15, -0.1) is 0 Å². The molecule has 0 radical (unpaired) electrons. The number of allylic oxidation sites excluding steroid dienone is 4. The first-order valence-corrected chi connectivity index (χ1v) is 15.8. The van der Waals surface area contributed by atoms with Gasteiger partial charge in [-0.1, -0.05) is 40.7 Å². The number of hydrogen-bond donors (Lipinski definition) is 1. The van der Waals surface area contributed by atoms with E-state index in [-0.39, 0.29) is 47.9 Å². The summed E-state index contributed by atoms with van der Waals surface area (Å²) in [4.78, 5) is 43.1. The van der Waals surface area contributed by atoms with E-state index in [0.717, 1.165) is 12.8 Å². The van der Waals surface area contributed by atoms with Gasteiger partial charge in [0.25, 0.3) is 0 Å². The molecule has 10 heteroatoms. The van der Waals surface area contributed by atoms with Crippen LogP contribution in [0.25, 0.3) is 4.85 Å². The van der Waals surface area contributed by atoms with Gasteiger partial charge in [0.15, 0.2) is 11.5 Å². The van der Waals surface area contributed by atoms with Crippen LogP contribution in [-0.2, 0) is 23.8 Å². The average molecular weight is 616 g/mol. The molecule has 0 aliphatic heterocycles. The maximum Gasteiger partial charge on any atom is 0.509 e. The fourth-order valence-corrected chi connectivity index (χ4v) is 11.0. The van der Waals surface area contributed by atoms with Gasteiger partial charge in [-0.3, -0.25) is 9.64 Å². The molecule has 0 heterocycles. The van der Waals surface area contributed by atoms with Crippen LogP contribution >= 0.6 is 0 Å². The number of aliphatic hydroxyl groups excluding tert-OH is 1. The highest BCUT2D eigenvalue weighted by atomic mass is 19.1. The predicted octanol–water partition coefficient (Wildman–Crippen LogP) is 6.43. The van der Waals surface area contributed by atoms with Crippen molar-refractivity contribution >= 4 is 17.9 Å². The van der Waals surface area contributed by atoms with Crippen LogP contribution < -0.4 is 0 Å². The van der Waals surface area contributed by atoms with Gasteiger partial charge in [0.1, 0.15) is 11.9 Å². The summed E-state index contributed by atoms with van der Waals surface area (Å²) in [5.74, 6) is -4.03. The number of ether oxygens (including phenoxy) is 3. The summed E-state index contributed by atoms with van der Waals surface area (Å²) in [7, 11) is 0. The van der Waals surface area contributed by atoms with Crippen molar-refractivity contribution in [2.24, 2.45) is 45.3 Å². The highest BCUT2D eigenvalue weighted by Crippen LogP contribution is 2.72. The van der Waals surface area contributed by atoms with Crippen molar-refractivity contribution in [2.45, 2.75) is 110 Å². The summed E-state index contributed by atoms with van der Waals surface area (Å²) in [6.45, 7) is 17.9. The molecule has 240 valence electrons. The van der Waals surface area contributed by atoms with Crippen molar-refractivity contribution < 1.29 is 42.5 Å². The van der Waals surface area contributed by atoms with Crippen molar-refractivity contribution in [1.29, 1.82) is 0 Å². The Morgan fingerprint density at radius 2 is 1.84 bits per heavy atom. The molecule has 0 aromatic rings. The van der Waals surface area contributed by atoms with Gasteiger partial charge in [0.05, 0.1) is 6.10 Å². The van der Waals surface area contributed by atoms with Crippen LogP contribution in [0, 0.1) is 51.9 Å². The Hall–Kier alpha value is -2.80. The lowest BCUT2D eigenvalue weighted by atomic mass is 9.45. The number of alkyl halides is 1. The van der Waals surface area contributed by atoms with Crippen LogP contribution in [0.5, 0.6) is 0 Å². The molecule has 0 spiro atoms. The maximum atomic E-state index is 17.7. The molecule has 1 N–H and O–H groups in total. The highest BCUT2D eigenvalue weighted by Gasteiger charge is 2.79. The number of rotatable bonds is 4. The Morgan fingerprint density at radius 3 is 2.45 bits per heavy atom. The molecule has 0 unspecified atom stereocenters. The standard InChI is InChI=1S/C34H43F2NO7/c1-18-12-21-22-15-24(35)23-14-20(38)9-11-30(23,4)33(22,36)25(39)16-32(21,6)34(18,27(40)42-17-37-7)44-28(41)43-26-13-19-8-10-31(26,5)29(19,2)3/h9,11,18-19,21-22,25-26,39H,8,10,12-17H2,1-6H3/t18-,19-,21+,22+,25+,26-,30+,31+,32+,33+,34+/m1/s1. The van der Waals surface area contributed by atoms with Crippen molar-refractivity contribution in [1.82, 2.24) is 0 Å². The van der Waals surface area contributed by atoms with Crippen molar-refractivity contribution in [3.8, 4) is 0 Å². The topological polar surface area (TPSA) is 103 Å². The summed E-state index contributed by atoms with van der Waals surface area (Å²) in [5.41, 5.74) is -7.60. The fourth-order valence-electron chi connectivity index (χ4n) is 11.0. The first-order chi connectivity index (χ1) is 20.4. The lowest BCUT2D eigenvalue weighted by Crippen LogP contribution is -2.70. The first kappa shape index (κ1) is 31.2. The normalized spacial score (nSPS) is 48.2. The van der Waals surface area contributed by atoms with Crippen LogP contribution in [0.15, 0.2) is 23.6 Å². The number of ketones is 1. The third kappa shape index (κ3) is 3.59. The zero-order valence-electron chi connectivity index (χ0n) is 26.4. The summed E-state index contributed by atoms with van der Waals surface area (Å²) in [6, 6.07) is 0. The van der Waals surface area contributed by atoms with E-state index in [4.69, 9.17) is 20.8 Å². The zero-order chi connectivity index (χ0) is 32.3. The summed E-state index contributed by atoms with van der Waals surface area (Å²) < 4.78 is 50.9. The Morgan fingerprint density at radius 1 is 1.14 bits per heavy atom. The zero-order valence-corrected chi connectivity index (χ0v) is 26.4. The molecule has 0 saturated heterocycles. The number of aliphatic hydroxyl groups is 1. The number of carbonyl (C=O) groups is 3. The Kier molecular flexibility index (Phi) is 6.81. The Bertz CT molecular complexity index is 1420. The smallest absolute Gasteiger partial charge is 0.430 e. The van der Waals surface area contributed by atoms with Crippen molar-refractivity contribution in [2.75, 3.05) is 6.73 Å². The average Bonchev–Trinajstić information content (AvgIpc) is 3.39. The van der Waals surface area contributed by atoms with E-state index < -0.39 is 76.7 Å². The van der Waals surface area contributed by atoms with Gasteiger partial charge in [0, 0.05) is 40.9 Å². The number of carbonyl (C=O) groups excluding carboxylic acids is 3. The molecule has 2 bridgehead atoms. The second-order valence-corrected chi connectivity index (χ2v) is 15.5. The van der Waals surface area contributed by atoms with Crippen LogP contribution in [-0.4, -0.2) is 53.2 Å². The minimum atomic E-state index is -2.35. The molecule has 6 aliphatic rings. The number of fused-ring (bicyclic) bond motifs is 7. The molecule has 6 aliphatic carbocycles. The summed E-state index contributed by atoms with van der Waals surface area (Å²) in [5, 5.41) is 11.7. The molecule has 44 heavy (non-hydrogen) atoms. The highest BCUT2D eigenvalue weighted by molar-refractivity contribution is 5.93. The second kappa shape index (κ2) is 9.60. The Labute approximate surface area is 257 Å². The van der Waals surface area contributed by atoms with Gasteiger partial charge in [-0.05, 0) is 67.9 Å². The first-order valence-electron chi connectivity index (χ1n) is 15.8. The van der Waals surface area contributed by atoms with E-state index >= 15 is 8.78 Å². The van der Waals surface area contributed by atoms with Gasteiger partial charge >= 0.3 is 18.9 Å². The van der Waals surface area contributed by atoms with E-state index in [1.807, 2.05) is 0 Å². The van der Waals surface area contributed by atoms with Crippen LogP contribution in [0.1, 0.15) is 86.5 Å². The van der Waals surface area contributed by atoms with Gasteiger partial charge in [0.2, 0.25) is 5.60 Å². The van der Waals surface area contributed by atoms with Crippen LogP contribution in [0.2, 0.25) is 0 Å². The SMILES string of the molecule is [C-]#[N+]COC(=O)[C@@]1(OC(=O)O[C@@H]2C[C@H]3CC[C@]2(C)C3(C)C)[C@H](C)C[C@H]2[C@@H]3CC(F)=C4CC(=O)C=C[C@]4(C)[C@@]3(F)[C@@H](O)C[C@@]21C. The second-order valence-electron chi connectivity index (χ2n) is 15.5. The lowest BCUT2D eigenvalue weighted by molar-refractivity contribution is -0.229. The third-order valence-electron chi connectivity index (χ3n) is 14.0.